The van der Waals surface area contributed by atoms with E-state index in [0.29, 0.717) is 25.8 Å². The lowest BCUT2D eigenvalue weighted by molar-refractivity contribution is -0.261. The summed E-state index contributed by atoms with van der Waals surface area (Å²) in [6.45, 7) is 4.81. The molecule has 0 aliphatic carbocycles. The van der Waals surface area contributed by atoms with E-state index in [2.05, 4.69) is 10.6 Å². The number of ether oxygens (including phenoxy) is 2. The summed E-state index contributed by atoms with van der Waals surface area (Å²) in [5.74, 6) is -0.674. The molecule has 2 amide bonds. The van der Waals surface area contributed by atoms with Crippen molar-refractivity contribution in [2.24, 2.45) is 28.9 Å². The van der Waals surface area contributed by atoms with Crippen molar-refractivity contribution in [3.8, 4) is 0 Å². The maximum Gasteiger partial charge on any atom is 0.237 e. The van der Waals surface area contributed by atoms with Crippen molar-refractivity contribution in [3.63, 3.8) is 0 Å². The molecule has 1 aliphatic rings. The minimum atomic E-state index is -1.37. The Kier molecular flexibility index (Phi) is 13.2. The first-order valence-corrected chi connectivity index (χ1v) is 11.2. The van der Waals surface area contributed by atoms with Gasteiger partial charge in [0.2, 0.25) is 11.8 Å². The van der Waals surface area contributed by atoms with Gasteiger partial charge in [-0.25, -0.2) is 0 Å². The molecule has 0 aromatic carbocycles. The van der Waals surface area contributed by atoms with E-state index in [1.165, 1.54) is 0 Å². The molecule has 0 aromatic heterocycles. The van der Waals surface area contributed by atoms with Crippen LogP contribution in [0.1, 0.15) is 39.5 Å². The molecule has 0 aromatic rings. The van der Waals surface area contributed by atoms with Crippen LogP contribution in [-0.2, 0) is 19.1 Å². The number of nitrogens with one attached hydrogen (secondary N) is 2. The standard InChI is InChI=1S/C20H42N6O6/c1-11(2)9-13(18(24)29)25-7-8-31-20-15(17(28)16(27)14(10-22)32-20)26-19(30)12(23)5-3-4-6-21/h11-17,20,25,27-28H,3-10,21-23H2,1-2H3,(H2,24,29)(H,26,30)/t12-,13-,14+,15+,16+,17+,20-/m0/s1. The van der Waals surface area contributed by atoms with E-state index in [9.17, 15) is 19.8 Å². The third-order valence-corrected chi connectivity index (χ3v) is 5.37. The average Bonchev–Trinajstić information content (AvgIpc) is 2.74. The van der Waals surface area contributed by atoms with E-state index >= 15 is 0 Å². The second-order valence-corrected chi connectivity index (χ2v) is 8.59. The number of hydrogen-bond acceptors (Lipinski definition) is 10. The highest BCUT2D eigenvalue weighted by Gasteiger charge is 2.45. The highest BCUT2D eigenvalue weighted by atomic mass is 16.7. The maximum absolute atomic E-state index is 12.5. The van der Waals surface area contributed by atoms with Gasteiger partial charge in [-0.1, -0.05) is 20.3 Å². The molecule has 12 heteroatoms. The van der Waals surface area contributed by atoms with Gasteiger partial charge in [0.05, 0.1) is 18.7 Å². The zero-order chi connectivity index (χ0) is 24.3. The Morgan fingerprint density at radius 2 is 1.84 bits per heavy atom. The molecule has 1 fully saturated rings. The van der Waals surface area contributed by atoms with Crippen molar-refractivity contribution in [3.05, 3.63) is 0 Å². The molecule has 1 saturated heterocycles. The van der Waals surface area contributed by atoms with Crippen LogP contribution in [0, 0.1) is 5.92 Å². The summed E-state index contributed by atoms with van der Waals surface area (Å²) in [6.07, 6.45) is -2.16. The fourth-order valence-corrected chi connectivity index (χ4v) is 3.51. The van der Waals surface area contributed by atoms with Gasteiger partial charge >= 0.3 is 0 Å². The summed E-state index contributed by atoms with van der Waals surface area (Å²) in [5.41, 5.74) is 22.4. The Labute approximate surface area is 189 Å². The maximum atomic E-state index is 12.5. The molecule has 1 heterocycles. The molecule has 188 valence electrons. The summed E-state index contributed by atoms with van der Waals surface area (Å²) in [7, 11) is 0. The third-order valence-electron chi connectivity index (χ3n) is 5.37. The largest absolute Gasteiger partial charge is 0.388 e. The Bertz CT molecular complexity index is 569. The number of unbranched alkanes of at least 4 members (excludes halogenated alkanes) is 1. The quantitative estimate of drug-likeness (QED) is 0.114. The molecule has 32 heavy (non-hydrogen) atoms. The second-order valence-electron chi connectivity index (χ2n) is 8.59. The van der Waals surface area contributed by atoms with Gasteiger partial charge in [-0.15, -0.1) is 0 Å². The Hall–Kier alpha value is -1.38. The van der Waals surface area contributed by atoms with Crippen molar-refractivity contribution in [2.45, 2.75) is 82.3 Å². The summed E-state index contributed by atoms with van der Waals surface area (Å²) in [5, 5.41) is 26.5. The van der Waals surface area contributed by atoms with E-state index in [1.807, 2.05) is 13.8 Å². The smallest absolute Gasteiger partial charge is 0.237 e. The zero-order valence-electron chi connectivity index (χ0n) is 19.1. The van der Waals surface area contributed by atoms with Crippen LogP contribution in [0.4, 0.5) is 0 Å². The minimum Gasteiger partial charge on any atom is -0.388 e. The molecule has 1 rings (SSSR count). The van der Waals surface area contributed by atoms with Gasteiger partial charge in [0.15, 0.2) is 6.29 Å². The first-order valence-electron chi connectivity index (χ1n) is 11.2. The SMILES string of the molecule is CC(C)C[C@H](NCCO[C@H]1O[C@H](CN)[C@@H](O)[C@H](O)[C@H]1NC(=O)[C@@H](N)CCCCN)C(N)=O. The molecule has 12 N–H and O–H groups in total. The van der Waals surface area contributed by atoms with E-state index in [1.54, 1.807) is 0 Å². The van der Waals surface area contributed by atoms with Crippen LogP contribution in [0.2, 0.25) is 0 Å². The normalized spacial score (nSPS) is 27.8. The van der Waals surface area contributed by atoms with Gasteiger partial charge in [0, 0.05) is 13.1 Å². The van der Waals surface area contributed by atoms with E-state index in [0.717, 1.165) is 6.42 Å². The molecule has 0 spiro atoms. The molecule has 0 radical (unpaired) electrons. The Morgan fingerprint density at radius 1 is 1.16 bits per heavy atom. The van der Waals surface area contributed by atoms with Gasteiger partial charge in [-0.3, -0.25) is 9.59 Å². The van der Waals surface area contributed by atoms with E-state index < -0.39 is 54.5 Å². The van der Waals surface area contributed by atoms with Crippen LogP contribution in [0.25, 0.3) is 0 Å². The monoisotopic (exact) mass is 462 g/mol. The molecule has 7 atom stereocenters. The van der Waals surface area contributed by atoms with Crippen LogP contribution >= 0.6 is 0 Å². The lowest BCUT2D eigenvalue weighted by atomic mass is 9.96. The van der Waals surface area contributed by atoms with E-state index in [-0.39, 0.29) is 25.6 Å². The lowest BCUT2D eigenvalue weighted by Crippen LogP contribution is -2.66. The van der Waals surface area contributed by atoms with Crippen LogP contribution in [0.3, 0.4) is 0 Å². The number of rotatable bonds is 15. The highest BCUT2D eigenvalue weighted by Crippen LogP contribution is 2.22. The molecule has 12 nitrogen and oxygen atoms in total. The number of aliphatic hydroxyl groups is 2. The molecule has 0 unspecified atom stereocenters. The molecular weight excluding hydrogens is 420 g/mol. The third kappa shape index (κ3) is 9.24. The minimum absolute atomic E-state index is 0.0479. The van der Waals surface area contributed by atoms with Crippen molar-refractivity contribution in [1.82, 2.24) is 10.6 Å². The Balaban J connectivity index is 2.71. The summed E-state index contributed by atoms with van der Waals surface area (Å²) in [6, 6.07) is -2.35. The van der Waals surface area contributed by atoms with Crippen molar-refractivity contribution < 1.29 is 29.3 Å². The summed E-state index contributed by atoms with van der Waals surface area (Å²) < 4.78 is 11.4. The Morgan fingerprint density at radius 3 is 2.41 bits per heavy atom. The van der Waals surface area contributed by atoms with Crippen molar-refractivity contribution in [1.29, 1.82) is 0 Å². The number of carbonyl (C=O) groups excluding carboxylic acids is 2. The number of hydrogen-bond donors (Lipinski definition) is 8. The lowest BCUT2D eigenvalue weighted by Gasteiger charge is -2.42. The predicted octanol–water partition coefficient (Wildman–Crippen LogP) is -3.16. The fraction of sp³-hybridized carbons (Fsp3) is 0.900. The number of amides is 2. The van der Waals surface area contributed by atoms with Gasteiger partial charge in [-0.2, -0.15) is 0 Å². The van der Waals surface area contributed by atoms with Gasteiger partial charge in [0.25, 0.3) is 0 Å². The van der Waals surface area contributed by atoms with Crippen molar-refractivity contribution in [2.75, 3.05) is 26.2 Å². The topological polar surface area (TPSA) is 221 Å². The fourth-order valence-electron chi connectivity index (χ4n) is 3.51. The van der Waals surface area contributed by atoms with Gasteiger partial charge < -0.3 is 53.3 Å². The highest BCUT2D eigenvalue weighted by molar-refractivity contribution is 5.81. The van der Waals surface area contributed by atoms with Gasteiger partial charge in [-0.05, 0) is 31.7 Å². The van der Waals surface area contributed by atoms with Gasteiger partial charge in [0.1, 0.15) is 24.4 Å². The number of aliphatic hydroxyl groups excluding tert-OH is 2. The summed E-state index contributed by atoms with van der Waals surface area (Å²) in [4.78, 5) is 24.1. The number of nitrogens with two attached hydrogens (primary N) is 4. The average molecular weight is 463 g/mol. The second kappa shape index (κ2) is 14.7. The first kappa shape index (κ1) is 28.7. The number of carbonyl (C=O) groups is 2. The van der Waals surface area contributed by atoms with Crippen molar-refractivity contribution >= 4 is 11.8 Å². The van der Waals surface area contributed by atoms with Crippen LogP contribution in [0.15, 0.2) is 0 Å². The molecule has 0 bridgehead atoms. The van der Waals surface area contributed by atoms with Crippen LogP contribution in [0.5, 0.6) is 0 Å². The molecule has 0 saturated carbocycles. The predicted molar refractivity (Wildman–Crippen MR) is 119 cm³/mol. The van der Waals surface area contributed by atoms with E-state index in [4.69, 9.17) is 32.4 Å². The van der Waals surface area contributed by atoms with Crippen LogP contribution < -0.4 is 33.6 Å². The van der Waals surface area contributed by atoms with Crippen LogP contribution in [-0.4, -0.2) is 91.0 Å². The first-order chi connectivity index (χ1) is 15.1. The molecular formula is C20H42N6O6. The molecule has 1 aliphatic heterocycles. The summed E-state index contributed by atoms with van der Waals surface area (Å²) >= 11 is 0. The zero-order valence-corrected chi connectivity index (χ0v) is 19.1. The number of primary amides is 1.